The largest absolute Gasteiger partial charge is 0.497 e. The summed E-state index contributed by atoms with van der Waals surface area (Å²) in [5.41, 5.74) is 4.46. The molecule has 2 aliphatic heterocycles. The van der Waals surface area contributed by atoms with E-state index in [1.807, 2.05) is 35.6 Å². The van der Waals surface area contributed by atoms with Gasteiger partial charge in [0.15, 0.2) is 11.2 Å². The van der Waals surface area contributed by atoms with E-state index in [4.69, 9.17) is 19.2 Å². The molecule has 0 spiro atoms. The lowest BCUT2D eigenvalue weighted by Crippen LogP contribution is -2.53. The van der Waals surface area contributed by atoms with Crippen LogP contribution in [0.15, 0.2) is 103 Å². The van der Waals surface area contributed by atoms with Crippen molar-refractivity contribution in [1.29, 1.82) is 0 Å². The van der Waals surface area contributed by atoms with Gasteiger partial charge in [0.2, 0.25) is 0 Å². The summed E-state index contributed by atoms with van der Waals surface area (Å²) < 4.78 is 12.3. The second kappa shape index (κ2) is 9.95. The molecule has 0 N–H and O–H groups in total. The molecule has 4 nitrogen and oxygen atoms in total. The van der Waals surface area contributed by atoms with E-state index in [2.05, 4.69) is 85.8 Å². The second-order valence-electron chi connectivity index (χ2n) is 11.5. The number of aryl methyl sites for hydroxylation is 1. The molecule has 0 fully saturated rings. The number of hydrogen-bond donors (Lipinski definition) is 0. The Morgan fingerprint density at radius 1 is 0.605 bits per heavy atom. The lowest BCUT2D eigenvalue weighted by molar-refractivity contribution is -0.409. The van der Waals surface area contributed by atoms with E-state index in [9.17, 15) is 0 Å². The molecule has 6 aromatic rings. The molecule has 5 aromatic carbocycles. The van der Waals surface area contributed by atoms with E-state index in [0.717, 1.165) is 62.1 Å². The van der Waals surface area contributed by atoms with Crippen molar-refractivity contribution in [2.75, 3.05) is 14.2 Å². The fourth-order valence-corrected chi connectivity index (χ4v) is 8.11. The van der Waals surface area contributed by atoms with Gasteiger partial charge in [-0.25, -0.2) is 9.78 Å². The number of hydrogen-bond acceptors (Lipinski definition) is 5. The van der Waals surface area contributed by atoms with Gasteiger partial charge in [0.25, 0.3) is 0 Å². The number of methoxy groups -OCH3 is 2. The standard InChI is InChI=1S/C38H32O4S/c1-4-5-10-31-19-26-22-34-35(23-36(26)43-31)38(28-13-17-30(40-3)18-14-28)33-21-25-9-7-6-8-24(25)20-32(33)37(34,41-42-38)27-11-15-29(39-2)16-12-27/h6-9,11-23H,4-5,10H2,1-3H3. The second-order valence-corrected chi connectivity index (χ2v) is 12.7. The summed E-state index contributed by atoms with van der Waals surface area (Å²) >= 11 is 1.89. The molecular formula is C38H32O4S. The van der Waals surface area contributed by atoms with Crippen molar-refractivity contribution in [1.82, 2.24) is 0 Å². The zero-order valence-electron chi connectivity index (χ0n) is 24.5. The van der Waals surface area contributed by atoms with Crippen LogP contribution in [-0.2, 0) is 27.4 Å². The predicted molar refractivity (Wildman–Crippen MR) is 172 cm³/mol. The highest BCUT2D eigenvalue weighted by Gasteiger charge is 2.61. The lowest BCUT2D eigenvalue weighted by atomic mass is 9.62. The van der Waals surface area contributed by atoms with Crippen molar-refractivity contribution in [3.05, 3.63) is 141 Å². The fourth-order valence-electron chi connectivity index (χ4n) is 6.99. The molecule has 214 valence electrons. The van der Waals surface area contributed by atoms with Crippen molar-refractivity contribution in [3.63, 3.8) is 0 Å². The van der Waals surface area contributed by atoms with Crippen molar-refractivity contribution in [2.45, 2.75) is 37.4 Å². The highest BCUT2D eigenvalue weighted by Crippen LogP contribution is 2.62. The third-order valence-corrected chi connectivity index (χ3v) is 10.3. The third-order valence-electron chi connectivity index (χ3n) is 9.17. The molecule has 2 bridgehead atoms. The highest BCUT2D eigenvalue weighted by atomic mass is 32.1. The van der Waals surface area contributed by atoms with Gasteiger partial charge in [-0.05, 0) is 94.7 Å². The van der Waals surface area contributed by atoms with Gasteiger partial charge >= 0.3 is 0 Å². The van der Waals surface area contributed by atoms with Crippen LogP contribution >= 0.6 is 11.3 Å². The first-order valence-electron chi connectivity index (χ1n) is 14.9. The highest BCUT2D eigenvalue weighted by molar-refractivity contribution is 7.19. The number of fused-ring (bicyclic) bond motifs is 3. The number of ether oxygens (including phenoxy) is 2. The van der Waals surface area contributed by atoms with Crippen LogP contribution in [0, 0.1) is 0 Å². The summed E-state index contributed by atoms with van der Waals surface area (Å²) in [4.78, 5) is 15.0. The van der Waals surface area contributed by atoms with Gasteiger partial charge in [-0.2, -0.15) is 0 Å². The molecule has 1 aromatic heterocycles. The Kier molecular flexibility index (Phi) is 6.12. The third kappa shape index (κ3) is 3.75. The topological polar surface area (TPSA) is 36.9 Å². The average molecular weight is 585 g/mol. The zero-order chi connectivity index (χ0) is 29.2. The van der Waals surface area contributed by atoms with Gasteiger partial charge in [0.1, 0.15) is 11.5 Å². The summed E-state index contributed by atoms with van der Waals surface area (Å²) in [5.74, 6) is 1.60. The lowest BCUT2D eigenvalue weighted by Gasteiger charge is -2.53. The van der Waals surface area contributed by atoms with E-state index in [0.29, 0.717) is 0 Å². The fraction of sp³-hybridized carbons (Fsp3) is 0.211. The SMILES string of the molecule is CCCCc1cc2cc3c(cc2s1)C1(c2ccc(OC)cc2)OOC3(c2ccc(OC)cc2)c2cc3ccccc3cc21. The van der Waals surface area contributed by atoms with E-state index >= 15 is 0 Å². The monoisotopic (exact) mass is 584 g/mol. The molecule has 0 saturated heterocycles. The maximum atomic E-state index is 6.79. The minimum absolute atomic E-state index is 0.799. The van der Waals surface area contributed by atoms with Crippen LogP contribution in [-0.4, -0.2) is 14.2 Å². The van der Waals surface area contributed by atoms with E-state index < -0.39 is 11.2 Å². The first-order valence-corrected chi connectivity index (χ1v) is 15.7. The summed E-state index contributed by atoms with van der Waals surface area (Å²) in [6.07, 6.45) is 3.45. The van der Waals surface area contributed by atoms with Crippen molar-refractivity contribution < 1.29 is 19.2 Å². The van der Waals surface area contributed by atoms with Crippen molar-refractivity contribution in [2.24, 2.45) is 0 Å². The summed E-state index contributed by atoms with van der Waals surface area (Å²) in [7, 11) is 3.38. The minimum Gasteiger partial charge on any atom is -0.497 e. The number of rotatable bonds is 7. The molecule has 2 unspecified atom stereocenters. The Bertz CT molecular complexity index is 1850. The van der Waals surface area contributed by atoms with Crippen LogP contribution < -0.4 is 9.47 Å². The van der Waals surface area contributed by atoms with Gasteiger partial charge < -0.3 is 9.47 Å². The van der Waals surface area contributed by atoms with E-state index in [1.54, 1.807) is 14.2 Å². The van der Waals surface area contributed by atoms with Gasteiger partial charge in [-0.15, -0.1) is 11.3 Å². The molecule has 3 heterocycles. The molecule has 5 heteroatoms. The first kappa shape index (κ1) is 26.5. The summed E-state index contributed by atoms with van der Waals surface area (Å²) in [6, 6.07) is 36.6. The molecule has 0 saturated carbocycles. The van der Waals surface area contributed by atoms with Crippen LogP contribution in [0.4, 0.5) is 0 Å². The summed E-state index contributed by atoms with van der Waals surface area (Å²) in [6.45, 7) is 2.25. The number of thiophene rings is 1. The minimum atomic E-state index is -0.963. The molecule has 0 radical (unpaired) electrons. The molecule has 1 aliphatic carbocycles. The maximum Gasteiger partial charge on any atom is 0.179 e. The molecule has 43 heavy (non-hydrogen) atoms. The van der Waals surface area contributed by atoms with Crippen LogP contribution in [0.3, 0.4) is 0 Å². The smallest absolute Gasteiger partial charge is 0.179 e. The Hall–Kier alpha value is -4.16. The van der Waals surface area contributed by atoms with Crippen LogP contribution in [0.2, 0.25) is 0 Å². The van der Waals surface area contributed by atoms with Crippen LogP contribution in [0.25, 0.3) is 20.9 Å². The average Bonchev–Trinajstić information content (AvgIpc) is 3.47. The number of unbranched alkanes of at least 4 members (excludes halogenated alkanes) is 1. The molecule has 9 rings (SSSR count). The number of benzene rings is 5. The first-order chi connectivity index (χ1) is 21.1. The van der Waals surface area contributed by atoms with Gasteiger partial charge in [-0.1, -0.05) is 61.9 Å². The van der Waals surface area contributed by atoms with E-state index in [-0.39, 0.29) is 0 Å². The Morgan fingerprint density at radius 3 is 1.58 bits per heavy atom. The van der Waals surface area contributed by atoms with Crippen molar-refractivity contribution >= 4 is 32.2 Å². The van der Waals surface area contributed by atoms with Crippen LogP contribution in [0.1, 0.15) is 58.0 Å². The predicted octanol–water partition coefficient (Wildman–Crippen LogP) is 9.27. The molecule has 2 atom stereocenters. The normalized spacial score (nSPS) is 20.3. The molecule has 3 aliphatic rings. The quantitative estimate of drug-likeness (QED) is 0.175. The Labute approximate surface area is 255 Å². The zero-order valence-corrected chi connectivity index (χ0v) is 25.3. The van der Waals surface area contributed by atoms with Gasteiger partial charge in [-0.3, -0.25) is 0 Å². The molecular weight excluding hydrogens is 552 g/mol. The van der Waals surface area contributed by atoms with Crippen molar-refractivity contribution in [3.8, 4) is 11.5 Å². The van der Waals surface area contributed by atoms with Crippen LogP contribution in [0.5, 0.6) is 11.5 Å². The molecule has 0 amide bonds. The Balaban J connectivity index is 1.49. The Morgan fingerprint density at radius 2 is 1.09 bits per heavy atom. The van der Waals surface area contributed by atoms with E-state index in [1.165, 1.54) is 27.8 Å². The maximum absolute atomic E-state index is 6.79. The van der Waals surface area contributed by atoms with Gasteiger partial charge in [0, 0.05) is 31.8 Å². The van der Waals surface area contributed by atoms with Gasteiger partial charge in [0.05, 0.1) is 14.2 Å². The summed E-state index contributed by atoms with van der Waals surface area (Å²) in [5, 5.41) is 3.57.